The van der Waals surface area contributed by atoms with E-state index in [0.29, 0.717) is 25.8 Å². The number of carbonyl (C=O) groups excluding carboxylic acids is 1. The number of carboxylic acid groups (broad SMARTS) is 1. The van der Waals surface area contributed by atoms with Crippen LogP contribution in [0, 0.1) is 0 Å². The van der Waals surface area contributed by atoms with Crippen molar-refractivity contribution in [2.24, 2.45) is 0 Å². The van der Waals surface area contributed by atoms with Crippen molar-refractivity contribution in [3.8, 4) is 11.1 Å². The summed E-state index contributed by atoms with van der Waals surface area (Å²) < 4.78 is 13.2. The van der Waals surface area contributed by atoms with Gasteiger partial charge in [0.25, 0.3) is 0 Å². The van der Waals surface area contributed by atoms with E-state index < -0.39 is 12.3 Å². The molecule has 4 aromatic rings. The largest absolute Gasteiger partial charge is 0.481 e. The number of unbranched alkanes of at least 4 members (excludes halogenated alkanes) is 2. The number of aliphatic hydroxyl groups excluding tert-OH is 1. The van der Waals surface area contributed by atoms with Gasteiger partial charge in [0, 0.05) is 42.0 Å². The fourth-order valence-electron chi connectivity index (χ4n) is 5.48. The molecule has 1 saturated heterocycles. The lowest BCUT2D eigenvalue weighted by Crippen LogP contribution is -2.31. The van der Waals surface area contributed by atoms with Gasteiger partial charge in [-0.15, -0.1) is 11.8 Å². The molecule has 8 heteroatoms. The highest BCUT2D eigenvalue weighted by molar-refractivity contribution is 7.99. The number of hydrogen-bond acceptors (Lipinski definition) is 6. The summed E-state index contributed by atoms with van der Waals surface area (Å²) in [7, 11) is 0. The molecule has 0 saturated carbocycles. The van der Waals surface area contributed by atoms with Gasteiger partial charge in [-0.25, -0.2) is 0 Å². The van der Waals surface area contributed by atoms with Crippen LogP contribution >= 0.6 is 11.8 Å². The summed E-state index contributed by atoms with van der Waals surface area (Å²) >= 11 is 1.78. The Bertz CT molecular complexity index is 1560. The SMILES string of the molecule is O=C(O)CCCCCC(=O)NCc1cccc(-c2cccc([C@@H]3O[C@H](CSc4ccccc4)C[C@H](c4ccc(CO)cc4)O3)c2)c1. The number of aliphatic hydroxyl groups is 1. The second-order valence-corrected chi connectivity index (χ2v) is 12.6. The van der Waals surface area contributed by atoms with Gasteiger partial charge in [-0.05, 0) is 64.9 Å². The molecule has 1 fully saturated rings. The topological polar surface area (TPSA) is 105 Å². The van der Waals surface area contributed by atoms with E-state index in [1.165, 1.54) is 4.90 Å². The van der Waals surface area contributed by atoms with Crippen molar-refractivity contribution in [1.29, 1.82) is 0 Å². The Hall–Kier alpha value is -3.95. The Morgan fingerprint density at radius 3 is 2.26 bits per heavy atom. The van der Waals surface area contributed by atoms with E-state index in [1.54, 1.807) is 11.8 Å². The molecule has 0 radical (unpaired) electrons. The Balaban J connectivity index is 1.26. The minimum absolute atomic E-state index is 0.00439. The molecular weight excluding hydrogens is 598 g/mol. The molecule has 0 aromatic heterocycles. The molecule has 1 amide bonds. The first-order valence-corrected chi connectivity index (χ1v) is 16.8. The minimum Gasteiger partial charge on any atom is -0.481 e. The van der Waals surface area contributed by atoms with Gasteiger partial charge in [0.1, 0.15) is 0 Å². The van der Waals surface area contributed by atoms with E-state index in [9.17, 15) is 14.7 Å². The molecule has 3 N–H and O–H groups in total. The molecule has 240 valence electrons. The summed E-state index contributed by atoms with van der Waals surface area (Å²) in [4.78, 5) is 24.2. The van der Waals surface area contributed by atoms with Crippen LogP contribution in [0.4, 0.5) is 0 Å². The van der Waals surface area contributed by atoms with E-state index >= 15 is 0 Å². The Kier molecular flexibility index (Phi) is 12.4. The van der Waals surface area contributed by atoms with E-state index in [4.69, 9.17) is 14.6 Å². The highest BCUT2D eigenvalue weighted by Crippen LogP contribution is 2.40. The zero-order valence-electron chi connectivity index (χ0n) is 25.8. The molecule has 46 heavy (non-hydrogen) atoms. The lowest BCUT2D eigenvalue weighted by molar-refractivity contribution is -0.245. The first-order chi connectivity index (χ1) is 22.5. The van der Waals surface area contributed by atoms with Gasteiger partial charge in [-0.2, -0.15) is 0 Å². The van der Waals surface area contributed by atoms with Gasteiger partial charge in [0.2, 0.25) is 5.91 Å². The van der Waals surface area contributed by atoms with Crippen molar-refractivity contribution in [3.05, 3.63) is 125 Å². The predicted octanol–water partition coefficient (Wildman–Crippen LogP) is 7.83. The molecule has 1 aliphatic heterocycles. The highest BCUT2D eigenvalue weighted by atomic mass is 32.2. The summed E-state index contributed by atoms with van der Waals surface area (Å²) in [6.07, 6.45) is 2.52. The van der Waals surface area contributed by atoms with Crippen molar-refractivity contribution >= 4 is 23.6 Å². The molecule has 1 aliphatic rings. The zero-order valence-corrected chi connectivity index (χ0v) is 26.7. The molecule has 1 heterocycles. The van der Waals surface area contributed by atoms with Crippen LogP contribution in [0.3, 0.4) is 0 Å². The summed E-state index contributed by atoms with van der Waals surface area (Å²) in [5.74, 6) is -0.0368. The van der Waals surface area contributed by atoms with Crippen LogP contribution in [0.1, 0.15) is 73.2 Å². The second-order valence-electron chi connectivity index (χ2n) is 11.5. The number of carbonyl (C=O) groups is 2. The maximum atomic E-state index is 12.3. The third-order valence-electron chi connectivity index (χ3n) is 8.00. The number of carboxylic acids is 1. The normalized spacial score (nSPS) is 17.8. The van der Waals surface area contributed by atoms with E-state index in [-0.39, 0.29) is 31.1 Å². The Labute approximate surface area is 275 Å². The fourth-order valence-corrected chi connectivity index (χ4v) is 6.42. The van der Waals surface area contributed by atoms with Gasteiger partial charge in [-0.3, -0.25) is 9.59 Å². The van der Waals surface area contributed by atoms with Gasteiger partial charge < -0.3 is 25.0 Å². The summed E-state index contributed by atoms with van der Waals surface area (Å²) in [5.41, 5.74) is 5.92. The summed E-state index contributed by atoms with van der Waals surface area (Å²) in [6, 6.07) is 34.6. The first-order valence-electron chi connectivity index (χ1n) is 15.8. The van der Waals surface area contributed by atoms with Gasteiger partial charge in [-0.1, -0.05) is 85.3 Å². The van der Waals surface area contributed by atoms with E-state index in [0.717, 1.165) is 52.0 Å². The van der Waals surface area contributed by atoms with Crippen LogP contribution < -0.4 is 5.32 Å². The molecule has 0 spiro atoms. The third-order valence-corrected chi connectivity index (χ3v) is 9.14. The monoisotopic (exact) mass is 639 g/mol. The predicted molar refractivity (Wildman–Crippen MR) is 180 cm³/mol. The molecule has 5 rings (SSSR count). The Morgan fingerprint density at radius 1 is 0.761 bits per heavy atom. The van der Waals surface area contributed by atoms with Gasteiger partial charge in [0.15, 0.2) is 6.29 Å². The van der Waals surface area contributed by atoms with E-state index in [2.05, 4.69) is 41.7 Å². The molecule has 3 atom stereocenters. The summed E-state index contributed by atoms with van der Waals surface area (Å²) in [6.45, 7) is 0.429. The standard InChI is InChI=1S/C38H41NO6S/c40-25-27-17-19-29(20-18-27)35-23-33(26-46-34-13-3-1-4-14-34)44-38(45-35)32-12-8-11-31(22-32)30-10-7-9-28(21-30)24-39-36(41)15-5-2-6-16-37(42)43/h1,3-4,7-14,17-22,33,35,38,40H,2,5-6,15-16,23-26H2,(H,39,41)(H,42,43)/t33-,35+,38+/m0/s1. The number of nitrogens with one attached hydrogen (secondary N) is 1. The number of aliphatic carboxylic acids is 1. The van der Waals surface area contributed by atoms with Crippen molar-refractivity contribution in [2.45, 2.75) is 75.1 Å². The molecule has 0 bridgehead atoms. The first kappa shape index (κ1) is 33.4. The number of benzene rings is 4. The third kappa shape index (κ3) is 10.0. The van der Waals surface area contributed by atoms with Crippen molar-refractivity contribution in [3.63, 3.8) is 0 Å². The highest BCUT2D eigenvalue weighted by Gasteiger charge is 2.32. The van der Waals surface area contributed by atoms with Crippen LogP contribution in [0.5, 0.6) is 0 Å². The van der Waals surface area contributed by atoms with Crippen LogP contribution in [0.15, 0.2) is 108 Å². The Morgan fingerprint density at radius 2 is 1.50 bits per heavy atom. The number of ether oxygens (including phenoxy) is 2. The minimum atomic E-state index is -0.801. The van der Waals surface area contributed by atoms with Crippen LogP contribution in [0.2, 0.25) is 0 Å². The maximum Gasteiger partial charge on any atom is 0.303 e. The average Bonchev–Trinajstić information content (AvgIpc) is 3.10. The van der Waals surface area contributed by atoms with Crippen molar-refractivity contribution in [1.82, 2.24) is 5.32 Å². The average molecular weight is 640 g/mol. The van der Waals surface area contributed by atoms with Crippen LogP contribution in [0.25, 0.3) is 11.1 Å². The number of rotatable bonds is 15. The van der Waals surface area contributed by atoms with Crippen LogP contribution in [-0.4, -0.2) is 33.9 Å². The molecule has 4 aromatic carbocycles. The molecule has 0 unspecified atom stereocenters. The number of hydrogen-bond donors (Lipinski definition) is 3. The van der Waals surface area contributed by atoms with E-state index in [1.807, 2.05) is 66.7 Å². The van der Waals surface area contributed by atoms with Gasteiger partial charge >= 0.3 is 5.97 Å². The second kappa shape index (κ2) is 17.1. The van der Waals surface area contributed by atoms with Crippen LogP contribution in [-0.2, 0) is 32.2 Å². The van der Waals surface area contributed by atoms with Crippen molar-refractivity contribution < 1.29 is 29.3 Å². The number of thioether (sulfide) groups is 1. The maximum absolute atomic E-state index is 12.3. The lowest BCUT2D eigenvalue weighted by atomic mass is 9.99. The smallest absolute Gasteiger partial charge is 0.303 e. The van der Waals surface area contributed by atoms with Gasteiger partial charge in [0.05, 0.1) is 18.8 Å². The molecule has 0 aliphatic carbocycles. The molecular formula is C38H41NO6S. The van der Waals surface area contributed by atoms with Crippen molar-refractivity contribution in [2.75, 3.05) is 5.75 Å². The fraction of sp³-hybridized carbons (Fsp3) is 0.316. The molecule has 7 nitrogen and oxygen atoms in total. The summed E-state index contributed by atoms with van der Waals surface area (Å²) in [5, 5.41) is 21.3. The zero-order chi connectivity index (χ0) is 32.1. The lowest BCUT2D eigenvalue weighted by Gasteiger charge is -2.36. The number of amides is 1. The quantitative estimate of drug-likeness (QED) is 0.0899.